The van der Waals surface area contributed by atoms with E-state index in [4.69, 9.17) is 9.15 Å². The number of benzene rings is 2. The van der Waals surface area contributed by atoms with Gasteiger partial charge in [0.15, 0.2) is 5.69 Å². The third kappa shape index (κ3) is 7.02. The summed E-state index contributed by atoms with van der Waals surface area (Å²) >= 11 is 0. The quantitative estimate of drug-likeness (QED) is 0.237. The fourth-order valence-electron chi connectivity index (χ4n) is 5.30. The van der Waals surface area contributed by atoms with Gasteiger partial charge in [-0.15, -0.1) is 0 Å². The van der Waals surface area contributed by atoms with Gasteiger partial charge in [-0.3, -0.25) is 14.5 Å². The lowest BCUT2D eigenvalue weighted by Crippen LogP contribution is -2.40. The van der Waals surface area contributed by atoms with Gasteiger partial charge in [0.2, 0.25) is 5.89 Å². The molecule has 0 radical (unpaired) electrons. The Kier molecular flexibility index (Phi) is 8.96. The van der Waals surface area contributed by atoms with Gasteiger partial charge < -0.3 is 19.0 Å². The molecule has 0 bridgehead atoms. The van der Waals surface area contributed by atoms with E-state index >= 15 is 0 Å². The number of hydrogen-bond acceptors (Lipinski definition) is 6. The predicted octanol–water partition coefficient (Wildman–Crippen LogP) is 5.83. The van der Waals surface area contributed by atoms with E-state index in [9.17, 15) is 22.8 Å². The first kappa shape index (κ1) is 29.4. The van der Waals surface area contributed by atoms with Crippen LogP contribution < -0.4 is 0 Å². The van der Waals surface area contributed by atoms with Gasteiger partial charge >= 0.3 is 12.1 Å². The number of para-hydroxylation sites is 1. The van der Waals surface area contributed by atoms with Gasteiger partial charge in [-0.25, -0.2) is 4.98 Å². The molecule has 5 rings (SSSR count). The SMILES string of the molecule is CCOC(=O)C1CCN(C(=O)c2coc(CN(CCc3c[nH]c4ccccc34)Cc3ccc(C(F)(F)F)cc3)n2)CC1. The summed E-state index contributed by atoms with van der Waals surface area (Å²) in [7, 11) is 0. The van der Waals surface area contributed by atoms with Crippen molar-refractivity contribution in [3.63, 3.8) is 0 Å². The number of aromatic amines is 1. The van der Waals surface area contributed by atoms with Gasteiger partial charge in [0.05, 0.1) is 24.6 Å². The molecule has 222 valence electrons. The van der Waals surface area contributed by atoms with Crippen LogP contribution in [0.15, 0.2) is 65.4 Å². The number of rotatable bonds is 10. The molecule has 1 N–H and O–H groups in total. The molecule has 1 saturated heterocycles. The fraction of sp³-hybridized carbons (Fsp3) is 0.387. The van der Waals surface area contributed by atoms with E-state index in [-0.39, 0.29) is 30.0 Å². The first-order valence-electron chi connectivity index (χ1n) is 14.0. The number of carbonyl (C=O) groups excluding carboxylic acids is 2. The molecular formula is C31H33F3N4O4. The first-order valence-corrected chi connectivity index (χ1v) is 14.0. The Balaban J connectivity index is 1.26. The fourth-order valence-corrected chi connectivity index (χ4v) is 5.30. The van der Waals surface area contributed by atoms with E-state index in [1.165, 1.54) is 18.4 Å². The van der Waals surface area contributed by atoms with Gasteiger partial charge in [-0.2, -0.15) is 13.2 Å². The zero-order chi connectivity index (χ0) is 29.7. The highest BCUT2D eigenvalue weighted by Crippen LogP contribution is 2.29. The number of carbonyl (C=O) groups is 2. The number of nitrogens with one attached hydrogen (secondary N) is 1. The Labute approximate surface area is 241 Å². The van der Waals surface area contributed by atoms with Crippen molar-refractivity contribution in [2.75, 3.05) is 26.2 Å². The molecule has 3 heterocycles. The van der Waals surface area contributed by atoms with E-state index in [1.54, 1.807) is 11.8 Å². The number of fused-ring (bicyclic) bond motifs is 1. The number of ether oxygens (including phenoxy) is 1. The third-order valence-electron chi connectivity index (χ3n) is 7.59. The maximum atomic E-state index is 13.1. The number of H-pyrrole nitrogens is 1. The lowest BCUT2D eigenvalue weighted by molar-refractivity contribution is -0.149. The number of hydrogen-bond donors (Lipinski definition) is 1. The molecular weight excluding hydrogens is 549 g/mol. The predicted molar refractivity (Wildman–Crippen MR) is 149 cm³/mol. The second-order valence-electron chi connectivity index (χ2n) is 10.5. The Morgan fingerprint density at radius 2 is 1.83 bits per heavy atom. The van der Waals surface area contributed by atoms with Crippen molar-refractivity contribution in [1.82, 2.24) is 19.8 Å². The molecule has 0 unspecified atom stereocenters. The zero-order valence-corrected chi connectivity index (χ0v) is 23.3. The monoisotopic (exact) mass is 582 g/mol. The minimum Gasteiger partial charge on any atom is -0.466 e. The first-order chi connectivity index (χ1) is 20.2. The molecule has 0 spiro atoms. The van der Waals surface area contributed by atoms with Crippen molar-refractivity contribution in [2.24, 2.45) is 5.92 Å². The van der Waals surface area contributed by atoms with E-state index in [0.29, 0.717) is 63.5 Å². The number of amides is 1. The molecule has 42 heavy (non-hydrogen) atoms. The minimum atomic E-state index is -4.40. The highest BCUT2D eigenvalue weighted by Gasteiger charge is 2.31. The number of nitrogens with zero attached hydrogens (tertiary/aromatic N) is 3. The second-order valence-corrected chi connectivity index (χ2v) is 10.5. The highest BCUT2D eigenvalue weighted by molar-refractivity contribution is 5.92. The molecule has 0 atom stereocenters. The molecule has 0 saturated carbocycles. The smallest absolute Gasteiger partial charge is 0.416 e. The van der Waals surface area contributed by atoms with Gasteiger partial charge in [-0.1, -0.05) is 30.3 Å². The van der Waals surface area contributed by atoms with Gasteiger partial charge in [0.25, 0.3) is 5.91 Å². The molecule has 0 aliphatic carbocycles. The molecule has 2 aromatic heterocycles. The van der Waals surface area contributed by atoms with Crippen LogP contribution in [0.3, 0.4) is 0 Å². The molecule has 1 amide bonds. The number of oxazole rings is 1. The Hall–Kier alpha value is -4.12. The number of aromatic nitrogens is 2. The van der Waals surface area contributed by atoms with Crippen LogP contribution in [-0.4, -0.2) is 57.9 Å². The van der Waals surface area contributed by atoms with Crippen LogP contribution in [0.1, 0.15) is 52.8 Å². The second kappa shape index (κ2) is 12.8. The van der Waals surface area contributed by atoms with E-state index in [0.717, 1.165) is 28.6 Å². The van der Waals surface area contributed by atoms with Crippen LogP contribution in [0.5, 0.6) is 0 Å². The maximum Gasteiger partial charge on any atom is 0.416 e. The average molecular weight is 583 g/mol. The summed E-state index contributed by atoms with van der Waals surface area (Å²) in [5.41, 5.74) is 2.36. The third-order valence-corrected chi connectivity index (χ3v) is 7.59. The molecule has 2 aromatic carbocycles. The topological polar surface area (TPSA) is 91.7 Å². The van der Waals surface area contributed by atoms with Crippen LogP contribution >= 0.6 is 0 Å². The normalized spacial score (nSPS) is 14.5. The van der Waals surface area contributed by atoms with Gasteiger partial charge in [-0.05, 0) is 55.5 Å². The number of halogens is 3. The highest BCUT2D eigenvalue weighted by atomic mass is 19.4. The summed E-state index contributed by atoms with van der Waals surface area (Å²) in [6.45, 7) is 4.17. The summed E-state index contributed by atoms with van der Waals surface area (Å²) < 4.78 is 50.0. The Bertz CT molecular complexity index is 1500. The Morgan fingerprint density at radius 3 is 2.55 bits per heavy atom. The molecule has 1 aliphatic rings. The van der Waals surface area contributed by atoms with Crippen LogP contribution in [-0.2, 0) is 35.2 Å². The van der Waals surface area contributed by atoms with Crippen molar-refractivity contribution in [3.8, 4) is 0 Å². The molecule has 4 aromatic rings. The van der Waals surface area contributed by atoms with E-state index in [1.807, 2.05) is 35.4 Å². The molecule has 11 heteroatoms. The lowest BCUT2D eigenvalue weighted by atomic mass is 9.97. The van der Waals surface area contributed by atoms with Crippen LogP contribution in [0.2, 0.25) is 0 Å². The maximum absolute atomic E-state index is 13.1. The summed E-state index contributed by atoms with van der Waals surface area (Å²) in [6.07, 6.45) is 0.655. The summed E-state index contributed by atoms with van der Waals surface area (Å²) in [6, 6.07) is 13.1. The van der Waals surface area contributed by atoms with Crippen molar-refractivity contribution in [2.45, 2.75) is 45.5 Å². The van der Waals surface area contributed by atoms with Crippen LogP contribution in [0.25, 0.3) is 10.9 Å². The number of piperidine rings is 1. The lowest BCUT2D eigenvalue weighted by Gasteiger charge is -2.30. The molecule has 1 fully saturated rings. The van der Waals surface area contributed by atoms with Gasteiger partial charge in [0.1, 0.15) is 6.26 Å². The number of esters is 1. The van der Waals surface area contributed by atoms with Crippen molar-refractivity contribution in [1.29, 1.82) is 0 Å². The number of alkyl halides is 3. The summed E-state index contributed by atoms with van der Waals surface area (Å²) in [4.78, 5) is 36.5. The summed E-state index contributed by atoms with van der Waals surface area (Å²) in [5, 5.41) is 1.11. The van der Waals surface area contributed by atoms with Gasteiger partial charge in [0, 0.05) is 43.3 Å². The Morgan fingerprint density at radius 1 is 1.10 bits per heavy atom. The van der Waals surface area contributed by atoms with Crippen molar-refractivity contribution < 1.29 is 31.9 Å². The van der Waals surface area contributed by atoms with Crippen LogP contribution in [0, 0.1) is 5.92 Å². The van der Waals surface area contributed by atoms with Crippen molar-refractivity contribution in [3.05, 3.63) is 89.3 Å². The average Bonchev–Trinajstić information content (AvgIpc) is 3.63. The zero-order valence-electron chi connectivity index (χ0n) is 23.3. The van der Waals surface area contributed by atoms with E-state index in [2.05, 4.69) is 9.97 Å². The summed E-state index contributed by atoms with van der Waals surface area (Å²) in [5.74, 6) is -0.363. The van der Waals surface area contributed by atoms with Crippen molar-refractivity contribution >= 4 is 22.8 Å². The largest absolute Gasteiger partial charge is 0.466 e. The van der Waals surface area contributed by atoms with Crippen LogP contribution in [0.4, 0.5) is 13.2 Å². The standard InChI is InChI=1S/C31H33F3N4O4/c1-2-41-30(40)22-12-15-38(16-13-22)29(39)27-20-42-28(36-27)19-37(18-21-7-9-24(10-8-21)31(32,33)34)14-11-23-17-35-26-6-4-3-5-25(23)26/h3-10,17,20,22,35H,2,11-16,18-19H2,1H3. The minimum absolute atomic E-state index is 0.186. The molecule has 1 aliphatic heterocycles. The van der Waals surface area contributed by atoms with E-state index < -0.39 is 11.7 Å². The number of likely N-dealkylation sites (tertiary alicyclic amines) is 1. The molecule has 8 nitrogen and oxygen atoms in total.